The van der Waals surface area contributed by atoms with E-state index in [2.05, 4.69) is 5.92 Å². The molecule has 0 fully saturated rings. The highest BCUT2D eigenvalue weighted by Gasteiger charge is 2.11. The highest BCUT2D eigenvalue weighted by Crippen LogP contribution is 2.26. The van der Waals surface area contributed by atoms with Crippen LogP contribution < -0.4 is 0 Å². The van der Waals surface area contributed by atoms with E-state index in [-0.39, 0.29) is 0 Å². The standard InChI is InChI=1S/C11H9ClF/c1-3-9-5-4-6-10(11(9)12)8(2)7-13/h1,4-6H,7H2,2H3. The van der Waals surface area contributed by atoms with Gasteiger partial charge in [-0.3, -0.25) is 4.39 Å². The maximum absolute atomic E-state index is 12.3. The van der Waals surface area contributed by atoms with E-state index >= 15 is 0 Å². The van der Waals surface area contributed by atoms with Crippen molar-refractivity contribution >= 4 is 11.6 Å². The van der Waals surface area contributed by atoms with Crippen LogP contribution in [-0.4, -0.2) is 6.67 Å². The Morgan fingerprint density at radius 2 is 2.31 bits per heavy atom. The third-order valence-corrected chi connectivity index (χ3v) is 2.22. The molecule has 1 aromatic carbocycles. The van der Waals surface area contributed by atoms with Crippen LogP contribution in [0.2, 0.25) is 5.02 Å². The topological polar surface area (TPSA) is 0 Å². The first-order valence-corrected chi connectivity index (χ1v) is 4.22. The molecule has 0 N–H and O–H groups in total. The zero-order valence-electron chi connectivity index (χ0n) is 7.27. The molecule has 1 aromatic rings. The highest BCUT2D eigenvalue weighted by atomic mass is 35.5. The van der Waals surface area contributed by atoms with E-state index in [0.717, 1.165) is 0 Å². The van der Waals surface area contributed by atoms with Crippen molar-refractivity contribution in [1.82, 2.24) is 0 Å². The number of alkyl halides is 1. The lowest BCUT2D eigenvalue weighted by atomic mass is 10.0. The second-order valence-electron chi connectivity index (χ2n) is 2.73. The van der Waals surface area contributed by atoms with Gasteiger partial charge in [0.1, 0.15) is 0 Å². The fraction of sp³-hybridized carbons (Fsp3) is 0.182. The number of benzene rings is 1. The van der Waals surface area contributed by atoms with E-state index in [9.17, 15) is 4.39 Å². The summed E-state index contributed by atoms with van der Waals surface area (Å²) < 4.78 is 12.3. The lowest BCUT2D eigenvalue weighted by Crippen LogP contribution is -1.98. The molecule has 0 aromatic heterocycles. The second kappa shape index (κ2) is 4.30. The van der Waals surface area contributed by atoms with Crippen molar-refractivity contribution in [2.75, 3.05) is 6.67 Å². The quantitative estimate of drug-likeness (QED) is 0.636. The lowest BCUT2D eigenvalue weighted by molar-refractivity contribution is 0.516. The van der Waals surface area contributed by atoms with E-state index in [1.807, 2.05) is 0 Å². The van der Waals surface area contributed by atoms with Gasteiger partial charge in [0.05, 0.1) is 11.7 Å². The Bertz CT molecular complexity index is 338. The maximum atomic E-state index is 12.3. The third kappa shape index (κ3) is 2.02. The van der Waals surface area contributed by atoms with E-state index < -0.39 is 6.67 Å². The summed E-state index contributed by atoms with van der Waals surface area (Å²) in [6.45, 7) is 1.19. The smallest absolute Gasteiger partial charge is 0.0998 e. The van der Waals surface area contributed by atoms with Crippen molar-refractivity contribution in [3.63, 3.8) is 0 Å². The second-order valence-corrected chi connectivity index (χ2v) is 3.10. The Morgan fingerprint density at radius 3 is 2.85 bits per heavy atom. The van der Waals surface area contributed by atoms with Gasteiger partial charge in [0.2, 0.25) is 0 Å². The average Bonchev–Trinajstić information content (AvgIpc) is 2.17. The van der Waals surface area contributed by atoms with Crippen molar-refractivity contribution in [3.05, 3.63) is 40.3 Å². The molecule has 0 aliphatic heterocycles. The van der Waals surface area contributed by atoms with Crippen LogP contribution in [0.1, 0.15) is 18.1 Å². The van der Waals surface area contributed by atoms with Gasteiger partial charge in [-0.25, -0.2) is 0 Å². The molecule has 0 atom stereocenters. The summed E-state index contributed by atoms with van der Waals surface area (Å²) in [4.78, 5) is 0. The summed E-state index contributed by atoms with van der Waals surface area (Å²) in [5.74, 6) is 3.05. The Morgan fingerprint density at radius 1 is 1.62 bits per heavy atom. The first-order valence-electron chi connectivity index (χ1n) is 3.84. The maximum Gasteiger partial charge on any atom is 0.0998 e. The van der Waals surface area contributed by atoms with Gasteiger partial charge in [0.15, 0.2) is 0 Å². The van der Waals surface area contributed by atoms with Crippen LogP contribution >= 0.6 is 11.6 Å². The SMILES string of the molecule is C#Cc1cccc([C](C)CF)c1Cl. The van der Waals surface area contributed by atoms with Crippen molar-refractivity contribution < 1.29 is 4.39 Å². The molecule has 67 valence electrons. The molecule has 0 saturated heterocycles. The van der Waals surface area contributed by atoms with Crippen LogP contribution in [0.25, 0.3) is 0 Å². The zero-order chi connectivity index (χ0) is 9.84. The average molecular weight is 196 g/mol. The number of rotatable bonds is 2. The van der Waals surface area contributed by atoms with E-state index in [0.29, 0.717) is 22.1 Å². The molecular formula is C11H9ClF. The van der Waals surface area contributed by atoms with Gasteiger partial charge >= 0.3 is 0 Å². The molecule has 13 heavy (non-hydrogen) atoms. The van der Waals surface area contributed by atoms with Gasteiger partial charge in [-0.05, 0) is 11.6 Å². The molecule has 0 amide bonds. The van der Waals surface area contributed by atoms with Crippen LogP contribution in [0.4, 0.5) is 4.39 Å². The number of hydrogen-bond donors (Lipinski definition) is 0. The summed E-state index contributed by atoms with van der Waals surface area (Å²) in [6.07, 6.45) is 5.22. The third-order valence-electron chi connectivity index (χ3n) is 1.81. The number of terminal acetylenes is 1. The summed E-state index contributed by atoms with van der Waals surface area (Å²) in [5.41, 5.74) is 1.30. The van der Waals surface area contributed by atoms with Gasteiger partial charge in [-0.1, -0.05) is 36.6 Å². The van der Waals surface area contributed by atoms with Gasteiger partial charge in [0, 0.05) is 11.5 Å². The Hall–Kier alpha value is -1.00. The monoisotopic (exact) mass is 195 g/mol. The molecule has 0 heterocycles. The van der Waals surface area contributed by atoms with Crippen LogP contribution in [0.5, 0.6) is 0 Å². The summed E-state index contributed by atoms with van der Waals surface area (Å²) >= 11 is 5.95. The molecule has 0 aliphatic carbocycles. The normalized spacial score (nSPS) is 10.1. The summed E-state index contributed by atoms with van der Waals surface area (Å²) in [7, 11) is 0. The first-order chi connectivity index (χ1) is 6.20. The Kier molecular flexibility index (Phi) is 3.33. The van der Waals surface area contributed by atoms with E-state index in [1.165, 1.54) is 0 Å². The predicted octanol–water partition coefficient (Wildman–Crippen LogP) is 3.23. The van der Waals surface area contributed by atoms with Gasteiger partial charge < -0.3 is 0 Å². The molecule has 1 radical (unpaired) electrons. The minimum atomic E-state index is -0.506. The van der Waals surface area contributed by atoms with E-state index in [4.69, 9.17) is 18.0 Å². The van der Waals surface area contributed by atoms with Crippen molar-refractivity contribution in [2.45, 2.75) is 6.92 Å². The van der Waals surface area contributed by atoms with E-state index in [1.54, 1.807) is 25.1 Å². The van der Waals surface area contributed by atoms with Crippen molar-refractivity contribution in [1.29, 1.82) is 0 Å². The molecule has 0 unspecified atom stereocenters. The molecule has 0 spiro atoms. The molecule has 1 rings (SSSR count). The van der Waals surface area contributed by atoms with Crippen molar-refractivity contribution in [3.8, 4) is 12.3 Å². The largest absolute Gasteiger partial charge is 0.250 e. The fourth-order valence-corrected chi connectivity index (χ4v) is 1.39. The molecule has 0 saturated carbocycles. The lowest BCUT2D eigenvalue weighted by Gasteiger charge is -2.09. The highest BCUT2D eigenvalue weighted by molar-refractivity contribution is 6.32. The zero-order valence-corrected chi connectivity index (χ0v) is 8.03. The van der Waals surface area contributed by atoms with Gasteiger partial charge in [-0.2, -0.15) is 0 Å². The molecular weight excluding hydrogens is 187 g/mol. The first kappa shape index (κ1) is 10.1. The molecule has 0 aliphatic rings. The van der Waals surface area contributed by atoms with Crippen LogP contribution in [-0.2, 0) is 0 Å². The molecule has 2 heteroatoms. The molecule has 0 nitrogen and oxygen atoms in total. The van der Waals surface area contributed by atoms with Gasteiger partial charge in [-0.15, -0.1) is 6.42 Å². The van der Waals surface area contributed by atoms with Crippen LogP contribution in [0, 0.1) is 18.3 Å². The Balaban J connectivity index is 3.17. The van der Waals surface area contributed by atoms with Crippen LogP contribution in [0.15, 0.2) is 18.2 Å². The summed E-state index contributed by atoms with van der Waals surface area (Å²) in [5, 5.41) is 0.458. The Labute approximate surface area is 82.7 Å². The minimum Gasteiger partial charge on any atom is -0.250 e. The predicted molar refractivity (Wildman–Crippen MR) is 53.4 cm³/mol. The fourth-order valence-electron chi connectivity index (χ4n) is 1.05. The number of halogens is 2. The number of hydrogen-bond acceptors (Lipinski definition) is 0. The minimum absolute atomic E-state index is 0.458. The summed E-state index contributed by atoms with van der Waals surface area (Å²) in [6, 6.07) is 5.27. The van der Waals surface area contributed by atoms with Gasteiger partial charge in [0.25, 0.3) is 0 Å². The van der Waals surface area contributed by atoms with Crippen molar-refractivity contribution in [2.24, 2.45) is 0 Å². The van der Waals surface area contributed by atoms with Crippen LogP contribution in [0.3, 0.4) is 0 Å². The molecule has 0 bridgehead atoms.